The lowest BCUT2D eigenvalue weighted by Gasteiger charge is -2.32. The van der Waals surface area contributed by atoms with Crippen molar-refractivity contribution in [3.63, 3.8) is 0 Å². The lowest BCUT2D eigenvalue weighted by Crippen LogP contribution is -2.41. The molecule has 0 saturated carbocycles. The third kappa shape index (κ3) is 2.96. The van der Waals surface area contributed by atoms with Gasteiger partial charge in [-0.2, -0.15) is 0 Å². The molecular formula is C20H28BNO2. The molecule has 0 amide bonds. The van der Waals surface area contributed by atoms with Crippen molar-refractivity contribution in [2.75, 3.05) is 0 Å². The minimum Gasteiger partial charge on any atom is -0.399 e. The molecule has 0 aliphatic carbocycles. The second kappa shape index (κ2) is 5.72. The van der Waals surface area contributed by atoms with Crippen LogP contribution in [0.4, 0.5) is 0 Å². The van der Waals surface area contributed by atoms with Crippen LogP contribution in [0.1, 0.15) is 52.5 Å². The van der Waals surface area contributed by atoms with E-state index >= 15 is 0 Å². The Morgan fingerprint density at radius 2 is 1.71 bits per heavy atom. The summed E-state index contributed by atoms with van der Waals surface area (Å²) in [7, 11) is -0.266. The molecule has 2 unspecified atom stereocenters. The molecule has 1 aromatic carbocycles. The molecule has 3 nitrogen and oxygen atoms in total. The predicted molar refractivity (Wildman–Crippen MR) is 98.5 cm³/mol. The molecule has 2 saturated heterocycles. The Balaban J connectivity index is 1.44. The lowest BCUT2D eigenvalue weighted by molar-refractivity contribution is 0.00578. The van der Waals surface area contributed by atoms with Crippen LogP contribution in [0, 0.1) is 0 Å². The van der Waals surface area contributed by atoms with Gasteiger partial charge in [0.1, 0.15) is 0 Å². The highest BCUT2D eigenvalue weighted by Crippen LogP contribution is 2.36. The van der Waals surface area contributed by atoms with Crippen LogP contribution < -0.4 is 10.8 Å². The second-order valence-electron chi connectivity index (χ2n) is 8.58. The van der Waals surface area contributed by atoms with Crippen LogP contribution in [0.5, 0.6) is 0 Å². The Kier molecular flexibility index (Phi) is 3.90. The van der Waals surface area contributed by atoms with Crippen LogP contribution in [0.2, 0.25) is 0 Å². The summed E-state index contributed by atoms with van der Waals surface area (Å²) in [6.45, 7) is 8.39. The van der Waals surface area contributed by atoms with E-state index in [1.807, 2.05) is 0 Å². The average molecular weight is 325 g/mol. The van der Waals surface area contributed by atoms with E-state index in [0.717, 1.165) is 11.9 Å². The molecule has 2 bridgehead atoms. The van der Waals surface area contributed by atoms with Crippen LogP contribution in [-0.4, -0.2) is 30.4 Å². The number of hydrogen-bond acceptors (Lipinski definition) is 3. The van der Waals surface area contributed by atoms with Gasteiger partial charge in [0.25, 0.3) is 0 Å². The average Bonchev–Trinajstić information content (AvgIpc) is 2.96. The van der Waals surface area contributed by atoms with Crippen molar-refractivity contribution < 1.29 is 9.31 Å². The summed E-state index contributed by atoms with van der Waals surface area (Å²) in [5.41, 5.74) is 3.51. The van der Waals surface area contributed by atoms with Crippen LogP contribution in [-0.2, 0) is 15.7 Å². The molecule has 4 heteroatoms. The van der Waals surface area contributed by atoms with Gasteiger partial charge in [0, 0.05) is 12.1 Å². The van der Waals surface area contributed by atoms with E-state index in [9.17, 15) is 0 Å². The van der Waals surface area contributed by atoms with Crippen molar-refractivity contribution in [2.24, 2.45) is 0 Å². The summed E-state index contributed by atoms with van der Waals surface area (Å²) in [6.07, 6.45) is 7.35. The van der Waals surface area contributed by atoms with E-state index in [1.165, 1.54) is 24.8 Å². The molecule has 128 valence electrons. The van der Waals surface area contributed by atoms with E-state index in [0.29, 0.717) is 12.1 Å². The SMILES string of the molecule is CC1(C)OB(c2ccc(CC3=CC4CCC(C3)N4)cc2)OC1(C)C. The Labute approximate surface area is 146 Å². The molecule has 1 N–H and O–H groups in total. The van der Waals surface area contributed by atoms with Crippen LogP contribution in [0.3, 0.4) is 0 Å². The summed E-state index contributed by atoms with van der Waals surface area (Å²) in [5, 5.41) is 3.66. The Morgan fingerprint density at radius 3 is 2.33 bits per heavy atom. The summed E-state index contributed by atoms with van der Waals surface area (Å²) in [4.78, 5) is 0. The van der Waals surface area contributed by atoms with Gasteiger partial charge in [-0.1, -0.05) is 35.9 Å². The van der Waals surface area contributed by atoms with E-state index < -0.39 is 0 Å². The van der Waals surface area contributed by atoms with Gasteiger partial charge >= 0.3 is 7.12 Å². The van der Waals surface area contributed by atoms with Crippen LogP contribution >= 0.6 is 0 Å². The van der Waals surface area contributed by atoms with E-state index in [1.54, 1.807) is 5.57 Å². The van der Waals surface area contributed by atoms with Gasteiger partial charge in [0.15, 0.2) is 0 Å². The zero-order valence-corrected chi connectivity index (χ0v) is 15.3. The Bertz CT molecular complexity index is 634. The molecule has 2 atom stereocenters. The van der Waals surface area contributed by atoms with E-state index in [-0.39, 0.29) is 18.3 Å². The summed E-state index contributed by atoms with van der Waals surface area (Å²) in [5.74, 6) is 0. The summed E-state index contributed by atoms with van der Waals surface area (Å²) < 4.78 is 12.3. The highest BCUT2D eigenvalue weighted by molar-refractivity contribution is 6.62. The molecule has 2 fully saturated rings. The zero-order valence-electron chi connectivity index (χ0n) is 15.3. The Morgan fingerprint density at radius 1 is 1.04 bits per heavy atom. The monoisotopic (exact) mass is 325 g/mol. The first-order valence-electron chi connectivity index (χ1n) is 9.22. The first kappa shape index (κ1) is 16.4. The van der Waals surface area contributed by atoms with Gasteiger partial charge in [-0.05, 0) is 64.4 Å². The van der Waals surface area contributed by atoms with Crippen molar-refractivity contribution in [1.82, 2.24) is 5.32 Å². The van der Waals surface area contributed by atoms with Gasteiger partial charge < -0.3 is 14.6 Å². The number of nitrogens with one attached hydrogen (secondary N) is 1. The molecule has 4 rings (SSSR count). The standard InChI is InChI=1S/C20H28BNO2/c1-19(2)20(3,4)24-21(23-19)16-7-5-14(6-8-16)11-15-12-17-9-10-18(13-15)22-17/h5-8,12,17-18,22H,9-11,13H2,1-4H3. The minimum absolute atomic E-state index is 0.266. The third-order valence-corrected chi connectivity index (χ3v) is 6.16. The van der Waals surface area contributed by atoms with Gasteiger partial charge in [-0.15, -0.1) is 0 Å². The number of fused-ring (bicyclic) bond motifs is 2. The molecule has 3 aliphatic heterocycles. The minimum atomic E-state index is -0.282. The topological polar surface area (TPSA) is 30.5 Å². The van der Waals surface area contributed by atoms with Gasteiger partial charge in [0.2, 0.25) is 0 Å². The predicted octanol–water partition coefficient (Wildman–Crippen LogP) is 2.98. The van der Waals surface area contributed by atoms with Crippen LogP contribution in [0.25, 0.3) is 0 Å². The zero-order chi connectivity index (χ0) is 16.9. The highest BCUT2D eigenvalue weighted by atomic mass is 16.7. The van der Waals surface area contributed by atoms with Gasteiger partial charge in [-0.25, -0.2) is 0 Å². The molecule has 3 heterocycles. The molecule has 24 heavy (non-hydrogen) atoms. The maximum Gasteiger partial charge on any atom is 0.494 e. The van der Waals surface area contributed by atoms with Crippen molar-refractivity contribution in [3.8, 4) is 0 Å². The quantitative estimate of drug-likeness (QED) is 0.685. The Hall–Kier alpha value is -1.10. The fourth-order valence-electron chi connectivity index (χ4n) is 3.98. The first-order valence-corrected chi connectivity index (χ1v) is 9.22. The van der Waals surface area contributed by atoms with E-state index in [4.69, 9.17) is 9.31 Å². The largest absolute Gasteiger partial charge is 0.494 e. The van der Waals surface area contributed by atoms with Crippen LogP contribution in [0.15, 0.2) is 35.9 Å². The summed E-state index contributed by atoms with van der Waals surface area (Å²) >= 11 is 0. The highest BCUT2D eigenvalue weighted by Gasteiger charge is 2.51. The molecule has 0 spiro atoms. The van der Waals surface area contributed by atoms with Crippen molar-refractivity contribution in [3.05, 3.63) is 41.5 Å². The number of rotatable bonds is 3. The first-order chi connectivity index (χ1) is 11.3. The maximum atomic E-state index is 6.13. The van der Waals surface area contributed by atoms with Gasteiger partial charge in [0.05, 0.1) is 11.2 Å². The van der Waals surface area contributed by atoms with Gasteiger partial charge in [-0.3, -0.25) is 0 Å². The van der Waals surface area contributed by atoms with E-state index in [2.05, 4.69) is 63.4 Å². The number of hydrogen-bond donors (Lipinski definition) is 1. The smallest absolute Gasteiger partial charge is 0.399 e. The van der Waals surface area contributed by atoms with Crippen molar-refractivity contribution >= 4 is 12.6 Å². The second-order valence-corrected chi connectivity index (χ2v) is 8.58. The fraction of sp³-hybridized carbons (Fsp3) is 0.600. The summed E-state index contributed by atoms with van der Waals surface area (Å²) in [6, 6.07) is 10.1. The molecule has 3 aliphatic rings. The molecular weight excluding hydrogens is 297 g/mol. The third-order valence-electron chi connectivity index (χ3n) is 6.16. The van der Waals surface area contributed by atoms with Crippen molar-refractivity contribution in [1.29, 1.82) is 0 Å². The molecule has 0 radical (unpaired) electrons. The normalized spacial score (nSPS) is 30.5. The lowest BCUT2D eigenvalue weighted by atomic mass is 9.78. The number of benzene rings is 1. The maximum absolute atomic E-state index is 6.13. The molecule has 0 aromatic heterocycles. The fourth-order valence-corrected chi connectivity index (χ4v) is 3.98. The molecule has 1 aromatic rings. The van der Waals surface area contributed by atoms with Crippen molar-refractivity contribution in [2.45, 2.75) is 76.7 Å².